The number of rotatable bonds is 8. The second-order valence-corrected chi connectivity index (χ2v) is 5.92. The summed E-state index contributed by atoms with van der Waals surface area (Å²) in [5, 5.41) is -1.07. The molecule has 0 saturated heterocycles. The number of hydrogen-bond donors (Lipinski definition) is 2. The van der Waals surface area contributed by atoms with Gasteiger partial charge in [-0.05, 0) is 49.1 Å². The fourth-order valence-electron chi connectivity index (χ4n) is 1.95. The van der Waals surface area contributed by atoms with Gasteiger partial charge in [-0.2, -0.15) is 12.6 Å². The summed E-state index contributed by atoms with van der Waals surface area (Å²) in [5.74, 6) is -0.888. The number of hydrogen-bond acceptors (Lipinski definition) is 5. The normalized spacial score (nSPS) is 12.8. The van der Waals surface area contributed by atoms with Gasteiger partial charge < -0.3 is 4.74 Å². The SMILES string of the molecule is CCCCC(=Cc1cccc(S)c1)C(=O)C(S)C(=O)OCC. The Hall–Kier alpha value is -1.20. The van der Waals surface area contributed by atoms with Crippen LogP contribution in [0.5, 0.6) is 0 Å². The smallest absolute Gasteiger partial charge is 0.326 e. The van der Waals surface area contributed by atoms with E-state index in [-0.39, 0.29) is 12.4 Å². The van der Waals surface area contributed by atoms with E-state index < -0.39 is 11.2 Å². The number of carbonyl (C=O) groups is 2. The Morgan fingerprint density at radius 3 is 2.64 bits per heavy atom. The largest absolute Gasteiger partial charge is 0.465 e. The van der Waals surface area contributed by atoms with Gasteiger partial charge in [-0.15, -0.1) is 12.6 Å². The van der Waals surface area contributed by atoms with Gasteiger partial charge in [0.05, 0.1) is 6.61 Å². The van der Waals surface area contributed by atoms with Crippen LogP contribution in [0.2, 0.25) is 0 Å². The summed E-state index contributed by atoms with van der Waals surface area (Å²) in [4.78, 5) is 25.0. The van der Waals surface area contributed by atoms with Crippen LogP contribution >= 0.6 is 25.3 Å². The van der Waals surface area contributed by atoms with E-state index in [1.807, 2.05) is 24.3 Å². The summed E-state index contributed by atoms with van der Waals surface area (Å²) in [6.07, 6.45) is 4.26. The van der Waals surface area contributed by atoms with Crippen LogP contribution in [-0.2, 0) is 14.3 Å². The number of Topliss-reactive ketones (excluding diaryl/α,β-unsaturated/α-hetero) is 1. The molecule has 0 saturated carbocycles. The first-order valence-electron chi connectivity index (χ1n) is 7.38. The molecule has 5 heteroatoms. The highest BCUT2D eigenvalue weighted by molar-refractivity contribution is 7.82. The van der Waals surface area contributed by atoms with Crippen molar-refractivity contribution in [2.24, 2.45) is 0 Å². The Kier molecular flexibility index (Phi) is 8.35. The number of unbranched alkanes of at least 4 members (excludes halogenated alkanes) is 1. The molecule has 0 N–H and O–H groups in total. The molecule has 1 aromatic carbocycles. The van der Waals surface area contributed by atoms with E-state index in [1.165, 1.54) is 0 Å². The monoisotopic (exact) mass is 338 g/mol. The van der Waals surface area contributed by atoms with Crippen LogP contribution in [0.25, 0.3) is 6.08 Å². The van der Waals surface area contributed by atoms with Gasteiger partial charge in [-0.1, -0.05) is 25.5 Å². The molecule has 1 unspecified atom stereocenters. The van der Waals surface area contributed by atoms with Crippen molar-refractivity contribution in [1.29, 1.82) is 0 Å². The Labute approximate surface area is 143 Å². The van der Waals surface area contributed by atoms with E-state index in [0.29, 0.717) is 12.0 Å². The van der Waals surface area contributed by atoms with Gasteiger partial charge in [0, 0.05) is 4.90 Å². The molecular formula is C17H22O3S2. The van der Waals surface area contributed by atoms with E-state index >= 15 is 0 Å². The number of ketones is 1. The zero-order chi connectivity index (χ0) is 16.5. The van der Waals surface area contributed by atoms with Crippen LogP contribution in [0.3, 0.4) is 0 Å². The lowest BCUT2D eigenvalue weighted by atomic mass is 9.99. The Morgan fingerprint density at radius 2 is 2.05 bits per heavy atom. The number of thiol groups is 2. The first-order chi connectivity index (χ1) is 10.5. The van der Waals surface area contributed by atoms with Gasteiger partial charge in [-0.3, -0.25) is 9.59 Å². The van der Waals surface area contributed by atoms with Crippen molar-refractivity contribution in [3.8, 4) is 0 Å². The number of allylic oxidation sites excluding steroid dienone is 1. The molecule has 1 atom stereocenters. The first-order valence-corrected chi connectivity index (χ1v) is 8.34. The van der Waals surface area contributed by atoms with Gasteiger partial charge in [-0.25, -0.2) is 0 Å². The highest BCUT2D eigenvalue weighted by Gasteiger charge is 2.26. The molecular weight excluding hydrogens is 316 g/mol. The third-order valence-corrected chi connectivity index (χ3v) is 3.81. The Balaban J connectivity index is 3.01. The Morgan fingerprint density at radius 1 is 1.32 bits per heavy atom. The fraction of sp³-hybridized carbons (Fsp3) is 0.412. The van der Waals surface area contributed by atoms with Crippen molar-refractivity contribution >= 4 is 43.1 Å². The zero-order valence-electron chi connectivity index (χ0n) is 12.9. The van der Waals surface area contributed by atoms with E-state index in [1.54, 1.807) is 13.0 Å². The van der Waals surface area contributed by atoms with Crippen LogP contribution < -0.4 is 0 Å². The lowest BCUT2D eigenvalue weighted by Crippen LogP contribution is -2.28. The third-order valence-electron chi connectivity index (χ3n) is 3.09. The maximum Gasteiger partial charge on any atom is 0.326 e. The number of benzene rings is 1. The molecule has 0 aliphatic carbocycles. The van der Waals surface area contributed by atoms with Crippen molar-refractivity contribution in [3.05, 3.63) is 35.4 Å². The molecule has 0 heterocycles. The van der Waals surface area contributed by atoms with Gasteiger partial charge in [0.1, 0.15) is 0 Å². The van der Waals surface area contributed by atoms with Crippen molar-refractivity contribution < 1.29 is 14.3 Å². The van der Waals surface area contributed by atoms with E-state index in [9.17, 15) is 9.59 Å². The van der Waals surface area contributed by atoms with Crippen molar-refractivity contribution in [1.82, 2.24) is 0 Å². The van der Waals surface area contributed by atoms with E-state index in [4.69, 9.17) is 4.74 Å². The van der Waals surface area contributed by atoms with Gasteiger partial charge in [0.15, 0.2) is 11.0 Å². The predicted molar refractivity (Wildman–Crippen MR) is 95.6 cm³/mol. The molecule has 0 bridgehead atoms. The van der Waals surface area contributed by atoms with Gasteiger partial charge in [0.2, 0.25) is 0 Å². The van der Waals surface area contributed by atoms with Crippen molar-refractivity contribution in [2.75, 3.05) is 6.61 Å². The average Bonchev–Trinajstić information content (AvgIpc) is 2.50. The summed E-state index contributed by atoms with van der Waals surface area (Å²) < 4.78 is 4.87. The molecule has 0 fully saturated rings. The number of carbonyl (C=O) groups excluding carboxylic acids is 2. The molecule has 1 aromatic rings. The molecule has 1 rings (SSSR count). The minimum Gasteiger partial charge on any atom is -0.465 e. The molecule has 0 amide bonds. The minimum absolute atomic E-state index is 0.235. The molecule has 3 nitrogen and oxygen atoms in total. The van der Waals surface area contributed by atoms with Crippen molar-refractivity contribution in [3.63, 3.8) is 0 Å². The van der Waals surface area contributed by atoms with E-state index in [2.05, 4.69) is 32.2 Å². The molecule has 22 heavy (non-hydrogen) atoms. The minimum atomic E-state index is -1.07. The number of esters is 1. The van der Waals surface area contributed by atoms with Crippen LogP contribution in [0.1, 0.15) is 38.7 Å². The second-order valence-electron chi connectivity index (χ2n) is 4.89. The van der Waals surface area contributed by atoms with Crippen LogP contribution in [0, 0.1) is 0 Å². The van der Waals surface area contributed by atoms with Gasteiger partial charge in [0.25, 0.3) is 0 Å². The maximum atomic E-state index is 12.5. The lowest BCUT2D eigenvalue weighted by molar-refractivity contribution is -0.144. The molecule has 0 aliphatic heterocycles. The Bertz CT molecular complexity index is 553. The first kappa shape index (κ1) is 18.8. The molecule has 0 aromatic heterocycles. The fourth-order valence-corrected chi connectivity index (χ4v) is 2.43. The summed E-state index contributed by atoms with van der Waals surface area (Å²) in [7, 11) is 0. The highest BCUT2D eigenvalue weighted by Crippen LogP contribution is 2.19. The summed E-state index contributed by atoms with van der Waals surface area (Å²) >= 11 is 8.42. The summed E-state index contributed by atoms with van der Waals surface area (Å²) in [6.45, 7) is 3.99. The molecule has 120 valence electrons. The molecule has 0 radical (unpaired) electrons. The quantitative estimate of drug-likeness (QED) is 0.326. The van der Waals surface area contributed by atoms with Crippen molar-refractivity contribution in [2.45, 2.75) is 43.3 Å². The zero-order valence-corrected chi connectivity index (χ0v) is 14.7. The average molecular weight is 338 g/mol. The van der Waals surface area contributed by atoms with Gasteiger partial charge >= 0.3 is 5.97 Å². The van der Waals surface area contributed by atoms with Crippen LogP contribution in [0.15, 0.2) is 34.7 Å². The maximum absolute atomic E-state index is 12.5. The predicted octanol–water partition coefficient (Wildman–Crippen LogP) is 3.98. The lowest BCUT2D eigenvalue weighted by Gasteiger charge is -2.12. The standard InChI is InChI=1S/C17H22O3S2/c1-3-5-8-13(10-12-7-6-9-14(21)11-12)15(18)16(22)17(19)20-4-2/h6-7,9-11,16,21-22H,3-5,8H2,1-2H3. The number of ether oxygens (including phenoxy) is 1. The molecule has 0 spiro atoms. The highest BCUT2D eigenvalue weighted by atomic mass is 32.1. The summed E-state index contributed by atoms with van der Waals surface area (Å²) in [5.41, 5.74) is 1.48. The summed E-state index contributed by atoms with van der Waals surface area (Å²) in [6, 6.07) is 7.52. The van der Waals surface area contributed by atoms with E-state index in [0.717, 1.165) is 23.3 Å². The molecule has 0 aliphatic rings. The van der Waals surface area contributed by atoms with Crippen LogP contribution in [0.4, 0.5) is 0 Å². The topological polar surface area (TPSA) is 43.4 Å². The second kappa shape index (κ2) is 9.74. The third kappa shape index (κ3) is 5.89. The van der Waals surface area contributed by atoms with Crippen LogP contribution in [-0.4, -0.2) is 23.6 Å².